The van der Waals surface area contributed by atoms with Gasteiger partial charge in [-0.2, -0.15) is 0 Å². The lowest BCUT2D eigenvalue weighted by molar-refractivity contribution is -0.385. The standard InChI is InChI=1S/C13H20BrNO3Si/c1-9-7-10(14)8-11(15(16)17)12(9)18-19(5,6)13(2,3)4/h7-8H,1-6H3. The summed E-state index contributed by atoms with van der Waals surface area (Å²) in [4.78, 5) is 10.8. The Morgan fingerprint density at radius 3 is 2.26 bits per heavy atom. The first-order chi connectivity index (χ1) is 8.45. The Hall–Kier alpha value is -0.883. The number of nitro groups is 1. The van der Waals surface area contributed by atoms with Gasteiger partial charge in [0.15, 0.2) is 5.75 Å². The van der Waals surface area contributed by atoms with E-state index in [9.17, 15) is 10.1 Å². The Labute approximate surface area is 123 Å². The second-order valence-corrected chi connectivity index (χ2v) is 11.8. The second kappa shape index (κ2) is 5.24. The Bertz CT molecular complexity index is 509. The molecular weight excluding hydrogens is 326 g/mol. The summed E-state index contributed by atoms with van der Waals surface area (Å²) < 4.78 is 6.81. The van der Waals surface area contributed by atoms with Gasteiger partial charge in [0.2, 0.25) is 0 Å². The van der Waals surface area contributed by atoms with Gasteiger partial charge in [0, 0.05) is 10.5 Å². The molecule has 1 rings (SSSR count). The minimum absolute atomic E-state index is 0.000379. The molecule has 0 saturated carbocycles. The molecule has 0 radical (unpaired) electrons. The number of nitrogens with zero attached hydrogens (tertiary/aromatic N) is 1. The number of halogens is 1. The molecule has 6 heteroatoms. The van der Waals surface area contributed by atoms with Crippen molar-refractivity contribution in [3.05, 3.63) is 32.3 Å². The van der Waals surface area contributed by atoms with Gasteiger partial charge in [-0.05, 0) is 36.7 Å². The molecular formula is C13H20BrNO3Si. The van der Waals surface area contributed by atoms with Gasteiger partial charge in [0.05, 0.1) is 4.92 Å². The lowest BCUT2D eigenvalue weighted by Gasteiger charge is -2.36. The minimum atomic E-state index is -2.09. The van der Waals surface area contributed by atoms with Crippen molar-refractivity contribution >= 4 is 29.9 Å². The molecule has 4 nitrogen and oxygen atoms in total. The van der Waals surface area contributed by atoms with Gasteiger partial charge in [-0.3, -0.25) is 10.1 Å². The third-order valence-electron chi connectivity index (χ3n) is 3.58. The smallest absolute Gasteiger partial charge is 0.310 e. The molecule has 0 saturated heterocycles. The molecule has 0 bridgehead atoms. The summed E-state index contributed by atoms with van der Waals surface area (Å²) >= 11 is 3.29. The number of benzene rings is 1. The lowest BCUT2D eigenvalue weighted by atomic mass is 10.2. The molecule has 1 aromatic carbocycles. The fraction of sp³-hybridized carbons (Fsp3) is 0.538. The summed E-state index contributed by atoms with van der Waals surface area (Å²) in [5.74, 6) is 0.403. The van der Waals surface area contributed by atoms with Crippen LogP contribution in [0.3, 0.4) is 0 Å². The van der Waals surface area contributed by atoms with Crippen LogP contribution in [-0.2, 0) is 0 Å². The lowest BCUT2D eigenvalue weighted by Crippen LogP contribution is -2.44. The zero-order valence-electron chi connectivity index (χ0n) is 12.2. The zero-order chi connectivity index (χ0) is 15.0. The van der Waals surface area contributed by atoms with Crippen LogP contribution < -0.4 is 4.43 Å². The van der Waals surface area contributed by atoms with E-state index in [4.69, 9.17) is 4.43 Å². The van der Waals surface area contributed by atoms with Crippen LogP contribution in [0.2, 0.25) is 18.1 Å². The molecule has 0 atom stereocenters. The molecule has 0 N–H and O–H groups in total. The molecule has 0 unspecified atom stereocenters. The quantitative estimate of drug-likeness (QED) is 0.437. The summed E-state index contributed by atoms with van der Waals surface area (Å²) in [7, 11) is -2.09. The summed E-state index contributed by atoms with van der Waals surface area (Å²) in [5, 5.41) is 11.2. The Morgan fingerprint density at radius 2 is 1.84 bits per heavy atom. The Morgan fingerprint density at radius 1 is 1.32 bits per heavy atom. The van der Waals surface area contributed by atoms with E-state index in [1.54, 1.807) is 0 Å². The SMILES string of the molecule is Cc1cc(Br)cc([N+](=O)[O-])c1O[Si](C)(C)C(C)(C)C. The van der Waals surface area contributed by atoms with Gasteiger partial charge in [-0.25, -0.2) is 0 Å². The predicted molar refractivity (Wildman–Crippen MR) is 83.4 cm³/mol. The fourth-order valence-corrected chi connectivity index (χ4v) is 3.03. The number of hydrogen-bond donors (Lipinski definition) is 0. The van der Waals surface area contributed by atoms with Crippen molar-refractivity contribution in [1.29, 1.82) is 0 Å². The first-order valence-corrected chi connectivity index (χ1v) is 9.79. The summed E-state index contributed by atoms with van der Waals surface area (Å²) in [6.07, 6.45) is 0. The summed E-state index contributed by atoms with van der Waals surface area (Å²) in [6.45, 7) is 12.3. The van der Waals surface area contributed by atoms with Gasteiger partial charge < -0.3 is 4.43 Å². The highest BCUT2D eigenvalue weighted by Crippen LogP contribution is 2.42. The van der Waals surface area contributed by atoms with Crippen molar-refractivity contribution in [2.45, 2.75) is 45.8 Å². The van der Waals surface area contributed by atoms with E-state index in [0.717, 1.165) is 5.56 Å². The maximum atomic E-state index is 11.2. The van der Waals surface area contributed by atoms with Gasteiger partial charge >= 0.3 is 5.69 Å². The number of rotatable bonds is 3. The van der Waals surface area contributed by atoms with E-state index in [1.165, 1.54) is 6.07 Å². The van der Waals surface area contributed by atoms with Crippen LogP contribution in [0.5, 0.6) is 5.75 Å². The van der Waals surface area contributed by atoms with Crippen molar-refractivity contribution < 1.29 is 9.35 Å². The maximum absolute atomic E-state index is 11.2. The number of aryl methyl sites for hydroxylation is 1. The van der Waals surface area contributed by atoms with E-state index in [1.807, 2.05) is 13.0 Å². The molecule has 1 aromatic rings. The van der Waals surface area contributed by atoms with Crippen LogP contribution in [0.4, 0.5) is 5.69 Å². The molecule has 0 aromatic heterocycles. The monoisotopic (exact) mass is 345 g/mol. The predicted octanol–water partition coefficient (Wildman–Crippen LogP) is 5.05. The van der Waals surface area contributed by atoms with Crippen molar-refractivity contribution in [1.82, 2.24) is 0 Å². The number of hydrogen-bond acceptors (Lipinski definition) is 3. The van der Waals surface area contributed by atoms with Crippen molar-refractivity contribution in [3.63, 3.8) is 0 Å². The van der Waals surface area contributed by atoms with E-state index in [-0.39, 0.29) is 15.6 Å². The third-order valence-corrected chi connectivity index (χ3v) is 8.36. The van der Waals surface area contributed by atoms with E-state index in [0.29, 0.717) is 10.2 Å². The average Bonchev–Trinajstić information content (AvgIpc) is 2.19. The largest absolute Gasteiger partial charge is 0.539 e. The Kier molecular flexibility index (Phi) is 4.46. The molecule has 0 aliphatic rings. The van der Waals surface area contributed by atoms with Crippen molar-refractivity contribution in [2.24, 2.45) is 0 Å². The van der Waals surface area contributed by atoms with Crippen LogP contribution >= 0.6 is 15.9 Å². The van der Waals surface area contributed by atoms with Gasteiger partial charge in [-0.1, -0.05) is 36.7 Å². The Balaban J connectivity index is 3.32. The molecule has 0 aliphatic heterocycles. The average molecular weight is 346 g/mol. The molecule has 0 amide bonds. The van der Waals surface area contributed by atoms with Crippen LogP contribution in [-0.4, -0.2) is 13.2 Å². The van der Waals surface area contributed by atoms with Crippen LogP contribution in [0.15, 0.2) is 16.6 Å². The van der Waals surface area contributed by atoms with E-state index < -0.39 is 8.32 Å². The highest BCUT2D eigenvalue weighted by Gasteiger charge is 2.40. The highest BCUT2D eigenvalue weighted by atomic mass is 79.9. The van der Waals surface area contributed by atoms with E-state index >= 15 is 0 Å². The molecule has 0 spiro atoms. The first-order valence-electron chi connectivity index (χ1n) is 6.09. The normalized spacial score (nSPS) is 12.4. The maximum Gasteiger partial charge on any atom is 0.310 e. The topological polar surface area (TPSA) is 52.4 Å². The van der Waals surface area contributed by atoms with E-state index in [2.05, 4.69) is 49.8 Å². The first kappa shape index (κ1) is 16.2. The minimum Gasteiger partial charge on any atom is -0.539 e. The molecule has 19 heavy (non-hydrogen) atoms. The second-order valence-electron chi connectivity index (χ2n) is 6.19. The van der Waals surface area contributed by atoms with Crippen LogP contribution in [0.25, 0.3) is 0 Å². The van der Waals surface area contributed by atoms with Crippen molar-refractivity contribution in [3.8, 4) is 5.75 Å². The number of nitro benzene ring substituents is 1. The molecule has 0 fully saturated rings. The van der Waals surface area contributed by atoms with Gasteiger partial charge in [0.25, 0.3) is 8.32 Å². The summed E-state index contributed by atoms with van der Waals surface area (Å²) in [5.41, 5.74) is 0.808. The molecule has 0 aliphatic carbocycles. The fourth-order valence-electron chi connectivity index (χ4n) is 1.39. The zero-order valence-corrected chi connectivity index (χ0v) is 14.8. The van der Waals surface area contributed by atoms with Crippen LogP contribution in [0, 0.1) is 17.0 Å². The van der Waals surface area contributed by atoms with Crippen molar-refractivity contribution in [2.75, 3.05) is 0 Å². The third kappa shape index (κ3) is 3.57. The van der Waals surface area contributed by atoms with Crippen LogP contribution in [0.1, 0.15) is 26.3 Å². The van der Waals surface area contributed by atoms with Gasteiger partial charge in [0.1, 0.15) is 0 Å². The van der Waals surface area contributed by atoms with Gasteiger partial charge in [-0.15, -0.1) is 0 Å². The highest BCUT2D eigenvalue weighted by molar-refractivity contribution is 9.10. The molecule has 0 heterocycles. The summed E-state index contributed by atoms with van der Waals surface area (Å²) in [6, 6.07) is 3.34. The molecule has 106 valence electrons.